The van der Waals surface area contributed by atoms with Gasteiger partial charge in [-0.3, -0.25) is 0 Å². The van der Waals surface area contributed by atoms with E-state index in [1.54, 1.807) is 11.3 Å². The first kappa shape index (κ1) is 15.4. The number of nitrogens with zero attached hydrogens (tertiary/aromatic N) is 1. The Balaban J connectivity index is 1.39. The van der Waals surface area contributed by atoms with Crippen LogP contribution in [-0.2, 0) is 17.8 Å². The summed E-state index contributed by atoms with van der Waals surface area (Å²) in [5.74, 6) is 0.692. The number of rotatable bonds is 3. The van der Waals surface area contributed by atoms with E-state index in [2.05, 4.69) is 58.7 Å². The topological polar surface area (TPSA) is 24.5 Å². The van der Waals surface area contributed by atoms with Gasteiger partial charge < -0.3 is 15.0 Å². The summed E-state index contributed by atoms with van der Waals surface area (Å²) >= 11 is 0. The summed E-state index contributed by atoms with van der Waals surface area (Å²) in [7, 11) is 0. The first-order valence-electron chi connectivity index (χ1n) is 9.65. The first-order chi connectivity index (χ1) is 12.4. The van der Waals surface area contributed by atoms with Crippen LogP contribution in [-0.4, -0.2) is 31.8 Å². The van der Waals surface area contributed by atoms with Crippen molar-refractivity contribution in [3.8, 4) is 0 Å². The second kappa shape index (κ2) is 6.47. The molecule has 3 atom stereocenters. The normalized spacial score (nSPS) is 27.5. The molecule has 130 valence electrons. The van der Waals surface area contributed by atoms with Gasteiger partial charge >= 0.3 is 0 Å². The molecule has 0 radical (unpaired) electrons. The smallest absolute Gasteiger partial charge is 0.0795 e. The van der Waals surface area contributed by atoms with Crippen LogP contribution in [0.3, 0.4) is 0 Å². The van der Waals surface area contributed by atoms with Crippen molar-refractivity contribution in [1.82, 2.24) is 5.32 Å². The minimum absolute atomic E-state index is 0.290. The molecule has 5 rings (SSSR count). The van der Waals surface area contributed by atoms with E-state index in [0.717, 1.165) is 26.1 Å². The molecule has 1 saturated heterocycles. The predicted molar refractivity (Wildman–Crippen MR) is 101 cm³/mol. The summed E-state index contributed by atoms with van der Waals surface area (Å²) in [5.41, 5.74) is 5.88. The summed E-state index contributed by atoms with van der Waals surface area (Å²) in [5, 5.41) is 3.58. The Hall–Kier alpha value is -1.84. The van der Waals surface area contributed by atoms with E-state index in [0.29, 0.717) is 18.6 Å². The van der Waals surface area contributed by atoms with Gasteiger partial charge in [-0.2, -0.15) is 0 Å². The molecule has 0 aliphatic carbocycles. The fraction of sp³-hybridized carbons (Fsp3) is 0.455. The number of hydrogen-bond donors (Lipinski definition) is 1. The molecule has 3 unspecified atom stereocenters. The molecule has 0 spiro atoms. The highest BCUT2D eigenvalue weighted by Crippen LogP contribution is 2.48. The molecule has 3 heteroatoms. The molecule has 25 heavy (non-hydrogen) atoms. The summed E-state index contributed by atoms with van der Waals surface area (Å²) in [4.78, 5) is 2.68. The highest BCUT2D eigenvalue weighted by molar-refractivity contribution is 5.68. The highest BCUT2D eigenvalue weighted by atomic mass is 16.5. The number of anilines is 1. The molecule has 0 aromatic heterocycles. The van der Waals surface area contributed by atoms with Crippen molar-refractivity contribution in [2.24, 2.45) is 0 Å². The minimum atomic E-state index is 0.290. The molecule has 2 aromatic carbocycles. The molecule has 3 nitrogen and oxygen atoms in total. The SMILES string of the molecule is c1ccc(COC2Cc3cccc4c3N(C2)C2CCNCCC42)cc1. The maximum atomic E-state index is 6.33. The molecule has 2 aromatic rings. The Kier molecular flexibility index (Phi) is 3.99. The third-order valence-electron chi connectivity index (χ3n) is 6.13. The minimum Gasteiger partial charge on any atom is -0.371 e. The maximum absolute atomic E-state index is 6.33. The lowest BCUT2D eigenvalue weighted by molar-refractivity contribution is 0.0417. The maximum Gasteiger partial charge on any atom is 0.0795 e. The van der Waals surface area contributed by atoms with E-state index in [4.69, 9.17) is 4.74 Å². The highest BCUT2D eigenvalue weighted by Gasteiger charge is 2.43. The summed E-state index contributed by atoms with van der Waals surface area (Å²) < 4.78 is 6.33. The zero-order chi connectivity index (χ0) is 16.6. The number of hydrogen-bond acceptors (Lipinski definition) is 3. The van der Waals surface area contributed by atoms with Gasteiger partial charge in [0, 0.05) is 30.6 Å². The van der Waals surface area contributed by atoms with E-state index in [1.165, 1.54) is 24.0 Å². The number of benzene rings is 2. The van der Waals surface area contributed by atoms with Crippen molar-refractivity contribution in [2.45, 2.75) is 43.9 Å². The average Bonchev–Trinajstić information content (AvgIpc) is 2.82. The molecular weight excluding hydrogens is 308 g/mol. The Morgan fingerprint density at radius 1 is 1.00 bits per heavy atom. The van der Waals surface area contributed by atoms with Crippen LogP contribution in [0.5, 0.6) is 0 Å². The zero-order valence-electron chi connectivity index (χ0n) is 14.7. The van der Waals surface area contributed by atoms with Crippen LogP contribution in [0.1, 0.15) is 35.4 Å². The second-order valence-corrected chi connectivity index (χ2v) is 7.63. The Morgan fingerprint density at radius 3 is 2.80 bits per heavy atom. The van der Waals surface area contributed by atoms with Crippen LogP contribution < -0.4 is 10.2 Å². The van der Waals surface area contributed by atoms with Gasteiger partial charge in [-0.25, -0.2) is 0 Å². The Labute approximate surface area is 150 Å². The zero-order valence-corrected chi connectivity index (χ0v) is 14.7. The van der Waals surface area contributed by atoms with Gasteiger partial charge in [0.1, 0.15) is 0 Å². The molecule has 3 aliphatic heterocycles. The predicted octanol–water partition coefficient (Wildman–Crippen LogP) is 3.48. The number of nitrogens with one attached hydrogen (secondary N) is 1. The van der Waals surface area contributed by atoms with Crippen molar-refractivity contribution in [3.63, 3.8) is 0 Å². The third kappa shape index (κ3) is 2.76. The van der Waals surface area contributed by atoms with Crippen LogP contribution in [0.4, 0.5) is 5.69 Å². The largest absolute Gasteiger partial charge is 0.371 e. The lowest BCUT2D eigenvalue weighted by Crippen LogP contribution is -2.44. The van der Waals surface area contributed by atoms with Crippen molar-refractivity contribution >= 4 is 5.69 Å². The van der Waals surface area contributed by atoms with Crippen LogP contribution in [0.25, 0.3) is 0 Å². The molecule has 3 heterocycles. The van der Waals surface area contributed by atoms with Crippen LogP contribution in [0.15, 0.2) is 48.5 Å². The van der Waals surface area contributed by atoms with Gasteiger partial charge in [-0.15, -0.1) is 0 Å². The van der Waals surface area contributed by atoms with Gasteiger partial charge in [-0.1, -0.05) is 48.5 Å². The summed E-state index contributed by atoms with van der Waals surface area (Å²) in [6, 6.07) is 18.1. The van der Waals surface area contributed by atoms with Gasteiger partial charge in [-0.05, 0) is 42.6 Å². The van der Waals surface area contributed by atoms with Crippen molar-refractivity contribution in [1.29, 1.82) is 0 Å². The van der Waals surface area contributed by atoms with E-state index in [-0.39, 0.29) is 6.10 Å². The number of para-hydroxylation sites is 1. The van der Waals surface area contributed by atoms with Crippen molar-refractivity contribution in [3.05, 3.63) is 65.2 Å². The monoisotopic (exact) mass is 334 g/mol. The fourth-order valence-corrected chi connectivity index (χ4v) is 5.01. The van der Waals surface area contributed by atoms with Gasteiger partial charge in [0.05, 0.1) is 12.7 Å². The first-order valence-corrected chi connectivity index (χ1v) is 9.65. The number of ether oxygens (including phenoxy) is 1. The fourth-order valence-electron chi connectivity index (χ4n) is 5.01. The van der Waals surface area contributed by atoms with E-state index >= 15 is 0 Å². The molecule has 1 fully saturated rings. The van der Waals surface area contributed by atoms with Crippen molar-refractivity contribution < 1.29 is 4.74 Å². The van der Waals surface area contributed by atoms with E-state index < -0.39 is 0 Å². The average molecular weight is 334 g/mol. The lowest BCUT2D eigenvalue weighted by atomic mass is 9.90. The molecule has 3 aliphatic rings. The standard InChI is InChI=1S/C22H26N2O/c1-2-5-16(6-3-1)15-25-18-13-17-7-4-8-20-19-9-11-23-12-10-21(19)24(14-18)22(17)20/h1-8,18-19,21,23H,9-15H2. The Morgan fingerprint density at radius 2 is 1.88 bits per heavy atom. The molecule has 0 saturated carbocycles. The van der Waals surface area contributed by atoms with Gasteiger partial charge in [0.2, 0.25) is 0 Å². The Bertz CT molecular complexity index is 745. The number of fused-ring (bicyclic) bond motifs is 3. The second-order valence-electron chi connectivity index (χ2n) is 7.63. The summed E-state index contributed by atoms with van der Waals surface area (Å²) in [6.07, 6.45) is 3.83. The molecule has 0 bridgehead atoms. The van der Waals surface area contributed by atoms with Crippen molar-refractivity contribution in [2.75, 3.05) is 24.5 Å². The molecule has 1 N–H and O–H groups in total. The van der Waals surface area contributed by atoms with Crippen LogP contribution in [0.2, 0.25) is 0 Å². The van der Waals surface area contributed by atoms with Gasteiger partial charge in [0.25, 0.3) is 0 Å². The van der Waals surface area contributed by atoms with Gasteiger partial charge in [0.15, 0.2) is 0 Å². The van der Waals surface area contributed by atoms with E-state index in [9.17, 15) is 0 Å². The van der Waals surface area contributed by atoms with Crippen LogP contribution in [0, 0.1) is 0 Å². The molecule has 0 amide bonds. The van der Waals surface area contributed by atoms with Crippen LogP contribution >= 0.6 is 0 Å². The third-order valence-corrected chi connectivity index (χ3v) is 6.13. The molecular formula is C22H26N2O. The quantitative estimate of drug-likeness (QED) is 0.930. The lowest BCUT2D eigenvalue weighted by Gasteiger charge is -2.37. The van der Waals surface area contributed by atoms with E-state index in [1.807, 2.05) is 0 Å². The summed E-state index contributed by atoms with van der Waals surface area (Å²) in [6.45, 7) is 4.03.